The molecule has 9 nitrogen and oxygen atoms in total. The Hall–Kier alpha value is -2.85. The molecular weight excluding hydrogens is 432 g/mol. The summed E-state index contributed by atoms with van der Waals surface area (Å²) in [5.41, 5.74) is 0.747. The molecule has 3 rings (SSSR count). The van der Waals surface area contributed by atoms with Gasteiger partial charge in [0.2, 0.25) is 15.8 Å². The van der Waals surface area contributed by atoms with Gasteiger partial charge in [-0.2, -0.15) is 5.10 Å². The minimum atomic E-state index is -3.93. The lowest BCUT2D eigenvalue weighted by Gasteiger charge is -2.23. The van der Waals surface area contributed by atoms with Crippen LogP contribution < -0.4 is 10.0 Å². The van der Waals surface area contributed by atoms with E-state index in [9.17, 15) is 22.8 Å². The molecule has 0 fully saturated rings. The van der Waals surface area contributed by atoms with Crippen molar-refractivity contribution in [2.45, 2.75) is 50.6 Å². The molecule has 2 heterocycles. The molecule has 1 amide bonds. The van der Waals surface area contributed by atoms with Crippen LogP contribution >= 0.6 is 0 Å². The van der Waals surface area contributed by atoms with E-state index in [4.69, 9.17) is 0 Å². The third-order valence-electron chi connectivity index (χ3n) is 5.41. The van der Waals surface area contributed by atoms with Gasteiger partial charge in [-0.25, -0.2) is 13.1 Å². The van der Waals surface area contributed by atoms with E-state index < -0.39 is 39.5 Å². The molecule has 2 atom stereocenters. The third-order valence-corrected chi connectivity index (χ3v) is 6.87. The molecule has 10 heteroatoms. The number of aryl methyl sites for hydroxylation is 1. The number of sulfonamides is 1. The maximum Gasteiger partial charge on any atom is 0.287 e. The summed E-state index contributed by atoms with van der Waals surface area (Å²) in [5.74, 6) is -3.09. The van der Waals surface area contributed by atoms with E-state index >= 15 is 0 Å². The summed E-state index contributed by atoms with van der Waals surface area (Å²) in [6.07, 6.45) is 3.98. The minimum absolute atomic E-state index is 0.0521. The highest BCUT2D eigenvalue weighted by Crippen LogP contribution is 2.19. The van der Waals surface area contributed by atoms with Crippen LogP contribution in [0.4, 0.5) is 0 Å². The summed E-state index contributed by atoms with van der Waals surface area (Å²) in [6, 6.07) is 6.75. The third kappa shape index (κ3) is 5.89. The number of benzene rings is 1. The van der Waals surface area contributed by atoms with Crippen LogP contribution in [-0.2, 0) is 37.4 Å². The zero-order chi connectivity index (χ0) is 23.3. The first-order valence-corrected chi connectivity index (χ1v) is 12.1. The highest BCUT2D eigenvalue weighted by atomic mass is 32.2. The molecule has 2 bridgehead atoms. The largest absolute Gasteiger partial charge is 0.349 e. The maximum absolute atomic E-state index is 13.2. The summed E-state index contributed by atoms with van der Waals surface area (Å²) < 4.78 is 29.7. The minimum Gasteiger partial charge on any atom is -0.349 e. The number of fused-ring (bicyclic) bond motifs is 2. The molecule has 0 saturated carbocycles. The molecule has 1 aromatic carbocycles. The molecule has 172 valence electrons. The first kappa shape index (κ1) is 23.8. The number of rotatable bonds is 7. The van der Waals surface area contributed by atoms with Crippen LogP contribution in [-0.4, -0.2) is 48.3 Å². The topological polar surface area (TPSA) is 127 Å². The lowest BCUT2D eigenvalue weighted by Crippen LogP contribution is -2.46. The Morgan fingerprint density at radius 3 is 2.66 bits per heavy atom. The predicted molar refractivity (Wildman–Crippen MR) is 117 cm³/mol. The molecule has 1 aromatic heterocycles. The van der Waals surface area contributed by atoms with Crippen molar-refractivity contribution in [1.82, 2.24) is 19.8 Å². The lowest BCUT2D eigenvalue weighted by molar-refractivity contribution is -0.141. The van der Waals surface area contributed by atoms with Crippen molar-refractivity contribution in [3.05, 3.63) is 48.3 Å². The fraction of sp³-hybridized carbons (Fsp3) is 0.455. The van der Waals surface area contributed by atoms with Crippen molar-refractivity contribution in [3.63, 3.8) is 0 Å². The van der Waals surface area contributed by atoms with Crippen LogP contribution in [0.25, 0.3) is 0 Å². The quantitative estimate of drug-likeness (QED) is 0.596. The number of Topliss-reactive ketones (excluding diaryl/α,β-unsaturated/α-hetero) is 2. The Bertz CT molecular complexity index is 1080. The fourth-order valence-corrected chi connectivity index (χ4v) is 5.06. The van der Waals surface area contributed by atoms with Crippen molar-refractivity contribution in [1.29, 1.82) is 0 Å². The molecule has 2 aromatic rings. The van der Waals surface area contributed by atoms with Gasteiger partial charge in [0.25, 0.3) is 5.91 Å². The van der Waals surface area contributed by atoms with Gasteiger partial charge in [-0.05, 0) is 36.5 Å². The van der Waals surface area contributed by atoms with E-state index in [1.165, 1.54) is 12.1 Å². The Balaban J connectivity index is 1.81. The van der Waals surface area contributed by atoms with Gasteiger partial charge in [-0.15, -0.1) is 0 Å². The van der Waals surface area contributed by atoms with Crippen LogP contribution in [0.2, 0.25) is 0 Å². The number of nitrogens with one attached hydrogen (secondary N) is 2. The van der Waals surface area contributed by atoms with Crippen LogP contribution in [0, 0.1) is 11.8 Å². The monoisotopic (exact) mass is 460 g/mol. The van der Waals surface area contributed by atoms with Gasteiger partial charge in [-0.1, -0.05) is 32.0 Å². The first-order valence-electron chi connectivity index (χ1n) is 10.6. The molecule has 0 radical (unpaired) electrons. The molecule has 0 saturated heterocycles. The Labute approximate surface area is 187 Å². The number of nitrogens with zero attached hydrogens (tertiary/aromatic N) is 2. The van der Waals surface area contributed by atoms with E-state index in [0.29, 0.717) is 19.5 Å². The molecule has 0 aliphatic carbocycles. The first-order chi connectivity index (χ1) is 15.2. The molecular formula is C22H28N4O5S. The molecule has 1 aliphatic heterocycles. The number of aromatic nitrogens is 2. The van der Waals surface area contributed by atoms with Crippen molar-refractivity contribution in [2.24, 2.45) is 11.8 Å². The molecule has 0 spiro atoms. The van der Waals surface area contributed by atoms with E-state index in [0.717, 1.165) is 5.56 Å². The van der Waals surface area contributed by atoms with Crippen molar-refractivity contribution < 1.29 is 22.8 Å². The standard InChI is InChI=1S/C22H28N4O5S/c1-15(2)20(25-32(30,31)18-7-4-3-5-8-18)19(27)12-17-11-16-13-24-26(14-16)10-6-9-23-22(29)21(17)28/h3-5,7-8,13-15,17,20,25H,6,9-12H2,1-2H3,(H,23,29). The summed E-state index contributed by atoms with van der Waals surface area (Å²) >= 11 is 0. The number of carbonyl (C=O) groups excluding carboxylic acids is 3. The van der Waals surface area contributed by atoms with Gasteiger partial charge in [0, 0.05) is 31.6 Å². The Kier molecular flexibility index (Phi) is 7.57. The number of carbonyl (C=O) groups is 3. The summed E-state index contributed by atoms with van der Waals surface area (Å²) in [5, 5.41) is 6.84. The van der Waals surface area contributed by atoms with Crippen LogP contribution in [0.3, 0.4) is 0 Å². The van der Waals surface area contributed by atoms with Gasteiger partial charge in [0.15, 0.2) is 5.78 Å². The Morgan fingerprint density at radius 2 is 1.97 bits per heavy atom. The highest BCUT2D eigenvalue weighted by molar-refractivity contribution is 7.89. The molecule has 2 N–H and O–H groups in total. The second-order valence-corrected chi connectivity index (χ2v) is 10.0. The number of ketones is 2. The van der Waals surface area contributed by atoms with Gasteiger partial charge in [-0.3, -0.25) is 19.1 Å². The number of hydrogen-bond donors (Lipinski definition) is 2. The van der Waals surface area contributed by atoms with Crippen molar-refractivity contribution in [2.75, 3.05) is 6.54 Å². The summed E-state index contributed by atoms with van der Waals surface area (Å²) in [7, 11) is -3.93. The van der Waals surface area contributed by atoms with E-state index in [-0.39, 0.29) is 23.7 Å². The van der Waals surface area contributed by atoms with Crippen LogP contribution in [0.5, 0.6) is 0 Å². The van der Waals surface area contributed by atoms with Crippen molar-refractivity contribution >= 4 is 27.5 Å². The average molecular weight is 461 g/mol. The summed E-state index contributed by atoms with van der Waals surface area (Å²) in [4.78, 5) is 38.3. The number of hydrogen-bond acceptors (Lipinski definition) is 6. The average Bonchev–Trinajstić information content (AvgIpc) is 3.20. The zero-order valence-electron chi connectivity index (χ0n) is 18.2. The van der Waals surface area contributed by atoms with E-state index in [1.807, 2.05) is 0 Å². The SMILES string of the molecule is CC(C)C(NS(=O)(=O)c1ccccc1)C(=O)CC1Cc2cnn(c2)CCCNC(=O)C1=O. The zero-order valence-corrected chi connectivity index (χ0v) is 19.0. The second kappa shape index (κ2) is 10.2. The van der Waals surface area contributed by atoms with Crippen LogP contribution in [0.1, 0.15) is 32.3 Å². The van der Waals surface area contributed by atoms with Crippen LogP contribution in [0.15, 0.2) is 47.6 Å². The maximum atomic E-state index is 13.2. The van der Waals surface area contributed by atoms with E-state index in [1.54, 1.807) is 49.1 Å². The Morgan fingerprint density at radius 1 is 1.25 bits per heavy atom. The van der Waals surface area contributed by atoms with E-state index in [2.05, 4.69) is 15.1 Å². The second-order valence-electron chi connectivity index (χ2n) is 8.31. The number of amides is 1. The normalized spacial score (nSPS) is 18.7. The molecule has 2 unspecified atom stereocenters. The van der Waals surface area contributed by atoms with Gasteiger partial charge in [0.1, 0.15) is 0 Å². The van der Waals surface area contributed by atoms with Gasteiger partial charge < -0.3 is 5.32 Å². The smallest absolute Gasteiger partial charge is 0.287 e. The summed E-state index contributed by atoms with van der Waals surface area (Å²) in [6.45, 7) is 4.39. The van der Waals surface area contributed by atoms with Crippen molar-refractivity contribution in [3.8, 4) is 0 Å². The highest BCUT2D eigenvalue weighted by Gasteiger charge is 2.34. The molecule has 32 heavy (non-hydrogen) atoms. The fourth-order valence-electron chi connectivity index (χ4n) is 3.67. The van der Waals surface area contributed by atoms with Gasteiger partial charge >= 0.3 is 0 Å². The predicted octanol–water partition coefficient (Wildman–Crippen LogP) is 1.09. The molecule has 1 aliphatic rings. The van der Waals surface area contributed by atoms with Gasteiger partial charge in [0.05, 0.1) is 17.1 Å². The lowest BCUT2D eigenvalue weighted by atomic mass is 9.87.